The van der Waals surface area contributed by atoms with Crippen LogP contribution in [0, 0.1) is 0 Å². The second kappa shape index (κ2) is 5.88. The van der Waals surface area contributed by atoms with Crippen LogP contribution < -0.4 is 5.73 Å². The Bertz CT molecular complexity index is 579. The van der Waals surface area contributed by atoms with Crippen molar-refractivity contribution in [2.24, 2.45) is 5.73 Å². The van der Waals surface area contributed by atoms with Gasteiger partial charge in [-0.15, -0.1) is 0 Å². The minimum absolute atomic E-state index is 0.154. The van der Waals surface area contributed by atoms with E-state index >= 15 is 0 Å². The summed E-state index contributed by atoms with van der Waals surface area (Å²) in [4.78, 5) is 0. The molecule has 2 N–H and O–H groups in total. The van der Waals surface area contributed by atoms with Crippen molar-refractivity contribution in [3.63, 3.8) is 0 Å². The van der Waals surface area contributed by atoms with Crippen LogP contribution in [0.4, 0.5) is 0 Å². The van der Waals surface area contributed by atoms with Crippen molar-refractivity contribution in [3.8, 4) is 0 Å². The van der Waals surface area contributed by atoms with Gasteiger partial charge in [0, 0.05) is 9.50 Å². The summed E-state index contributed by atoms with van der Waals surface area (Å²) in [7, 11) is 0. The molecular weight excluding hydrogens is 334 g/mol. The minimum Gasteiger partial charge on any atom is -0.320 e. The third-order valence-electron chi connectivity index (χ3n) is 3.38. The van der Waals surface area contributed by atoms with Gasteiger partial charge in [0.2, 0.25) is 0 Å². The van der Waals surface area contributed by atoms with E-state index in [1.807, 2.05) is 18.2 Å². The minimum atomic E-state index is -0.168. The fourth-order valence-electron chi connectivity index (χ4n) is 2.14. The van der Waals surface area contributed by atoms with Gasteiger partial charge in [0.05, 0.1) is 6.04 Å². The maximum absolute atomic E-state index is 6.33. The van der Waals surface area contributed by atoms with E-state index in [0.717, 1.165) is 15.6 Å². The molecule has 0 aromatic heterocycles. The lowest BCUT2D eigenvalue weighted by Gasteiger charge is -2.20. The molecule has 1 nitrogen and oxygen atoms in total. The highest BCUT2D eigenvalue weighted by Gasteiger charge is 2.15. The van der Waals surface area contributed by atoms with Gasteiger partial charge < -0.3 is 5.73 Å². The van der Waals surface area contributed by atoms with Crippen molar-refractivity contribution >= 4 is 27.5 Å². The van der Waals surface area contributed by atoms with Crippen LogP contribution in [-0.4, -0.2) is 0 Å². The molecule has 2 aromatic rings. The lowest BCUT2D eigenvalue weighted by molar-refractivity contribution is 0.589. The van der Waals surface area contributed by atoms with Gasteiger partial charge in [-0.25, -0.2) is 0 Å². The highest BCUT2D eigenvalue weighted by atomic mass is 79.9. The molecule has 0 amide bonds. The van der Waals surface area contributed by atoms with Crippen LogP contribution in [0.15, 0.2) is 46.9 Å². The van der Waals surface area contributed by atoms with Gasteiger partial charge >= 0.3 is 0 Å². The molecule has 0 saturated heterocycles. The predicted octanol–water partition coefficient (Wildman–Crippen LogP) is 5.45. The summed E-state index contributed by atoms with van der Waals surface area (Å²) in [5.41, 5.74) is 9.89. The molecule has 2 rings (SSSR count). The third kappa shape index (κ3) is 3.63. The zero-order valence-electron chi connectivity index (χ0n) is 12.0. The summed E-state index contributed by atoms with van der Waals surface area (Å²) >= 11 is 9.53. The zero-order chi connectivity index (χ0) is 14.9. The molecule has 1 unspecified atom stereocenters. The lowest BCUT2D eigenvalue weighted by Crippen LogP contribution is -2.14. The summed E-state index contributed by atoms with van der Waals surface area (Å²) in [5, 5.41) is 0.691. The molecule has 0 aliphatic rings. The Morgan fingerprint density at radius 3 is 2.10 bits per heavy atom. The average Bonchev–Trinajstić information content (AvgIpc) is 2.36. The predicted molar refractivity (Wildman–Crippen MR) is 90.3 cm³/mol. The molecule has 0 spiro atoms. The molecule has 3 heteroatoms. The molecule has 0 heterocycles. The molecule has 1 atom stereocenters. The smallest absolute Gasteiger partial charge is 0.0552 e. The molecule has 0 aliphatic heterocycles. The fourth-order valence-corrected chi connectivity index (χ4v) is 3.02. The molecule has 2 aromatic carbocycles. The van der Waals surface area contributed by atoms with E-state index < -0.39 is 0 Å². The van der Waals surface area contributed by atoms with E-state index in [9.17, 15) is 0 Å². The quantitative estimate of drug-likeness (QED) is 0.764. The first-order valence-corrected chi connectivity index (χ1v) is 7.76. The number of halogens is 2. The molecule has 0 fully saturated rings. The number of benzene rings is 2. The number of nitrogens with two attached hydrogens (primary N) is 1. The van der Waals surface area contributed by atoms with Gasteiger partial charge in [-0.1, -0.05) is 72.6 Å². The van der Waals surface area contributed by atoms with Crippen LogP contribution in [0.25, 0.3) is 0 Å². The van der Waals surface area contributed by atoms with E-state index in [1.54, 1.807) is 0 Å². The number of rotatable bonds is 2. The number of hydrogen-bond donors (Lipinski definition) is 1. The van der Waals surface area contributed by atoms with E-state index in [1.165, 1.54) is 5.56 Å². The summed E-state index contributed by atoms with van der Waals surface area (Å²) in [6, 6.07) is 14.1. The largest absolute Gasteiger partial charge is 0.320 e. The summed E-state index contributed by atoms with van der Waals surface area (Å²) in [5.74, 6) is 0. The Labute approximate surface area is 134 Å². The summed E-state index contributed by atoms with van der Waals surface area (Å²) in [6.45, 7) is 6.61. The molecule has 0 radical (unpaired) electrons. The Kier molecular flexibility index (Phi) is 4.58. The van der Waals surface area contributed by atoms with Gasteiger partial charge in [-0.05, 0) is 40.3 Å². The van der Waals surface area contributed by atoms with Gasteiger partial charge in [0.15, 0.2) is 0 Å². The normalized spacial score (nSPS) is 13.3. The maximum atomic E-state index is 6.33. The van der Waals surface area contributed by atoms with E-state index in [0.29, 0.717) is 5.02 Å². The van der Waals surface area contributed by atoms with E-state index in [4.69, 9.17) is 17.3 Å². The molecule has 20 heavy (non-hydrogen) atoms. The molecule has 106 valence electrons. The summed E-state index contributed by atoms with van der Waals surface area (Å²) in [6.07, 6.45) is 0. The molecule has 0 saturated carbocycles. The Morgan fingerprint density at radius 1 is 1.00 bits per heavy atom. The second-order valence-corrected chi connectivity index (χ2v) is 7.40. The fraction of sp³-hybridized carbons (Fsp3) is 0.294. The first kappa shape index (κ1) is 15.6. The second-order valence-electron chi connectivity index (χ2n) is 6.05. The highest BCUT2D eigenvalue weighted by molar-refractivity contribution is 9.10. The van der Waals surface area contributed by atoms with Crippen LogP contribution in [0.3, 0.4) is 0 Å². The molecule has 0 bridgehead atoms. The lowest BCUT2D eigenvalue weighted by atomic mass is 9.86. The van der Waals surface area contributed by atoms with Crippen LogP contribution in [-0.2, 0) is 5.41 Å². The standard InChI is InChI=1S/C17H19BrClN/c1-17(2,3)13-6-4-11(5-7-13)16(20)12-8-14(18)10-15(19)9-12/h4-10,16H,20H2,1-3H3. The van der Waals surface area contributed by atoms with Crippen LogP contribution >= 0.6 is 27.5 Å². The average molecular weight is 353 g/mol. The zero-order valence-corrected chi connectivity index (χ0v) is 14.3. The van der Waals surface area contributed by atoms with E-state index in [-0.39, 0.29) is 11.5 Å². The molecule has 0 aliphatic carbocycles. The third-order valence-corrected chi connectivity index (χ3v) is 4.06. The SMILES string of the molecule is CC(C)(C)c1ccc(C(N)c2cc(Cl)cc(Br)c2)cc1. The van der Waals surface area contributed by atoms with Crippen molar-refractivity contribution in [2.75, 3.05) is 0 Å². The van der Waals surface area contributed by atoms with E-state index in [2.05, 4.69) is 61.0 Å². The number of hydrogen-bond acceptors (Lipinski definition) is 1. The first-order valence-electron chi connectivity index (χ1n) is 6.59. The maximum Gasteiger partial charge on any atom is 0.0552 e. The highest BCUT2D eigenvalue weighted by Crippen LogP contribution is 2.28. The van der Waals surface area contributed by atoms with Gasteiger partial charge in [0.25, 0.3) is 0 Å². The first-order chi connectivity index (χ1) is 9.27. The van der Waals surface area contributed by atoms with Gasteiger partial charge in [-0.3, -0.25) is 0 Å². The van der Waals surface area contributed by atoms with Gasteiger partial charge in [0.1, 0.15) is 0 Å². The van der Waals surface area contributed by atoms with Crippen molar-refractivity contribution in [1.29, 1.82) is 0 Å². The van der Waals surface area contributed by atoms with Gasteiger partial charge in [-0.2, -0.15) is 0 Å². The Hall–Kier alpha value is -0.830. The van der Waals surface area contributed by atoms with Crippen LogP contribution in [0.2, 0.25) is 5.02 Å². The van der Waals surface area contributed by atoms with Crippen molar-refractivity contribution in [1.82, 2.24) is 0 Å². The Morgan fingerprint density at radius 2 is 1.60 bits per heavy atom. The Balaban J connectivity index is 2.31. The van der Waals surface area contributed by atoms with Crippen molar-refractivity contribution in [2.45, 2.75) is 32.2 Å². The van der Waals surface area contributed by atoms with Crippen LogP contribution in [0.5, 0.6) is 0 Å². The van der Waals surface area contributed by atoms with Crippen molar-refractivity contribution < 1.29 is 0 Å². The van der Waals surface area contributed by atoms with Crippen LogP contribution in [0.1, 0.15) is 43.5 Å². The topological polar surface area (TPSA) is 26.0 Å². The molecular formula is C17H19BrClN. The monoisotopic (exact) mass is 351 g/mol. The van der Waals surface area contributed by atoms with Crippen molar-refractivity contribution in [3.05, 3.63) is 68.7 Å². The summed E-state index contributed by atoms with van der Waals surface area (Å²) < 4.78 is 0.946.